The number of aromatic nitrogens is 3. The largest absolute Gasteiger partial charge is 0.586 e. The molecule has 8 nitrogen and oxygen atoms in total. The zero-order valence-corrected chi connectivity index (χ0v) is 16.7. The number of benzene rings is 2. The highest BCUT2D eigenvalue weighted by Gasteiger charge is 2.43. The van der Waals surface area contributed by atoms with Crippen LogP contribution in [0.4, 0.5) is 14.5 Å². The fraction of sp³-hybridized carbons (Fsp3) is 0.100. The molecule has 0 saturated heterocycles. The molecule has 4 aromatic rings. The Morgan fingerprint density at radius 1 is 1.06 bits per heavy atom. The fourth-order valence-electron chi connectivity index (χ4n) is 3.32. The molecule has 158 valence electrons. The molecule has 0 fully saturated rings. The molecule has 0 unspecified atom stereocenters. The van der Waals surface area contributed by atoms with Crippen molar-refractivity contribution in [2.45, 2.75) is 6.29 Å². The summed E-state index contributed by atoms with van der Waals surface area (Å²) in [5, 5.41) is 0. The molecule has 0 bridgehead atoms. The molecule has 2 aromatic heterocycles. The molecule has 1 aliphatic rings. The molecular formula is C20H14F2N4O4S. The Labute approximate surface area is 174 Å². The van der Waals surface area contributed by atoms with Gasteiger partial charge in [-0.3, -0.25) is 4.72 Å². The lowest BCUT2D eigenvalue weighted by Gasteiger charge is -2.07. The van der Waals surface area contributed by atoms with Gasteiger partial charge in [-0.2, -0.15) is 0 Å². The summed E-state index contributed by atoms with van der Waals surface area (Å²) in [7, 11) is -3.42. The van der Waals surface area contributed by atoms with Crippen LogP contribution in [0.5, 0.6) is 11.5 Å². The van der Waals surface area contributed by atoms with E-state index in [9.17, 15) is 17.2 Å². The monoisotopic (exact) mass is 444 g/mol. The predicted octanol–water partition coefficient (Wildman–Crippen LogP) is 3.98. The number of aromatic amines is 1. The summed E-state index contributed by atoms with van der Waals surface area (Å²) < 4.78 is 61.0. The van der Waals surface area contributed by atoms with Crippen LogP contribution in [0.2, 0.25) is 0 Å². The van der Waals surface area contributed by atoms with E-state index in [0.717, 1.165) is 6.26 Å². The van der Waals surface area contributed by atoms with Crippen molar-refractivity contribution in [2.24, 2.45) is 0 Å². The average molecular weight is 444 g/mol. The van der Waals surface area contributed by atoms with Gasteiger partial charge in [0.15, 0.2) is 17.1 Å². The zero-order chi connectivity index (χ0) is 21.8. The number of sulfonamides is 1. The Hall–Kier alpha value is -3.73. The van der Waals surface area contributed by atoms with Crippen molar-refractivity contribution in [2.75, 3.05) is 11.0 Å². The standard InChI is InChI=1S/C20H14F2N4O4S/c1-31(27,28)26-13-4-2-3-12(7-13)15-10-24-19-18(25-15)14(9-23-19)11-5-6-16-17(8-11)30-20(21,22)29-16/h2-10,26H,1H3,(H,23,24). The molecule has 2 aromatic carbocycles. The first-order chi connectivity index (χ1) is 14.7. The summed E-state index contributed by atoms with van der Waals surface area (Å²) in [5.74, 6) is -0.115. The summed E-state index contributed by atoms with van der Waals surface area (Å²) in [6.07, 6.45) is 0.603. The molecule has 0 spiro atoms. The molecule has 0 aliphatic carbocycles. The lowest BCUT2D eigenvalue weighted by molar-refractivity contribution is -0.286. The van der Waals surface area contributed by atoms with Gasteiger partial charge >= 0.3 is 6.29 Å². The number of ether oxygens (including phenoxy) is 2. The van der Waals surface area contributed by atoms with E-state index in [1.54, 1.807) is 42.7 Å². The van der Waals surface area contributed by atoms with Crippen LogP contribution < -0.4 is 14.2 Å². The van der Waals surface area contributed by atoms with Gasteiger partial charge in [-0.1, -0.05) is 18.2 Å². The first-order valence-electron chi connectivity index (χ1n) is 8.99. The van der Waals surface area contributed by atoms with E-state index >= 15 is 0 Å². The molecule has 0 amide bonds. The van der Waals surface area contributed by atoms with E-state index in [2.05, 4.69) is 29.1 Å². The van der Waals surface area contributed by atoms with Crippen LogP contribution in [0.25, 0.3) is 33.5 Å². The van der Waals surface area contributed by atoms with Crippen molar-refractivity contribution in [3.8, 4) is 33.9 Å². The van der Waals surface area contributed by atoms with E-state index in [1.807, 2.05) is 0 Å². The summed E-state index contributed by atoms with van der Waals surface area (Å²) in [6, 6.07) is 11.2. The maximum Gasteiger partial charge on any atom is 0.586 e. The summed E-state index contributed by atoms with van der Waals surface area (Å²) in [4.78, 5) is 12.0. The highest BCUT2D eigenvalue weighted by Crippen LogP contribution is 2.43. The van der Waals surface area contributed by atoms with Crippen LogP contribution in [0.3, 0.4) is 0 Å². The normalized spacial score (nSPS) is 14.7. The van der Waals surface area contributed by atoms with Gasteiger partial charge in [0.2, 0.25) is 10.0 Å². The smallest absolute Gasteiger partial charge is 0.395 e. The molecule has 11 heteroatoms. The lowest BCUT2D eigenvalue weighted by Crippen LogP contribution is -2.25. The highest BCUT2D eigenvalue weighted by molar-refractivity contribution is 7.92. The molecule has 2 N–H and O–H groups in total. The van der Waals surface area contributed by atoms with Crippen molar-refractivity contribution in [1.82, 2.24) is 15.0 Å². The first-order valence-corrected chi connectivity index (χ1v) is 10.9. The van der Waals surface area contributed by atoms with Gasteiger partial charge in [-0.15, -0.1) is 8.78 Å². The zero-order valence-electron chi connectivity index (χ0n) is 15.9. The molecular weight excluding hydrogens is 430 g/mol. The van der Waals surface area contributed by atoms with Crippen LogP contribution in [0, 0.1) is 0 Å². The van der Waals surface area contributed by atoms with Crippen molar-refractivity contribution in [1.29, 1.82) is 0 Å². The number of fused-ring (bicyclic) bond motifs is 2. The first kappa shape index (κ1) is 19.2. The Bertz CT molecular complexity index is 1440. The van der Waals surface area contributed by atoms with Crippen molar-refractivity contribution >= 4 is 26.9 Å². The van der Waals surface area contributed by atoms with Crippen molar-refractivity contribution < 1.29 is 26.7 Å². The molecule has 0 radical (unpaired) electrons. The lowest BCUT2D eigenvalue weighted by atomic mass is 10.1. The predicted molar refractivity (Wildman–Crippen MR) is 109 cm³/mol. The van der Waals surface area contributed by atoms with E-state index in [1.165, 1.54) is 12.1 Å². The minimum atomic E-state index is -3.70. The quantitative estimate of drug-likeness (QED) is 0.493. The highest BCUT2D eigenvalue weighted by atomic mass is 32.2. The second-order valence-corrected chi connectivity index (χ2v) is 8.69. The number of halogens is 2. The molecule has 1 aliphatic heterocycles. The molecule has 3 heterocycles. The second kappa shape index (κ2) is 6.64. The number of hydrogen-bond acceptors (Lipinski definition) is 6. The number of H-pyrrole nitrogens is 1. The van der Waals surface area contributed by atoms with E-state index < -0.39 is 16.3 Å². The molecule has 0 saturated carbocycles. The van der Waals surface area contributed by atoms with Crippen LogP contribution in [-0.2, 0) is 10.0 Å². The summed E-state index contributed by atoms with van der Waals surface area (Å²) >= 11 is 0. The third-order valence-corrected chi connectivity index (χ3v) is 5.16. The Balaban J connectivity index is 1.56. The SMILES string of the molecule is CS(=O)(=O)Nc1cccc(-c2cnc3[nH]cc(-c4ccc5c(c4)OC(F)(F)O5)c3n2)c1. The molecule has 0 atom stereocenters. The second-order valence-electron chi connectivity index (χ2n) is 6.94. The van der Waals surface area contributed by atoms with E-state index in [4.69, 9.17) is 0 Å². The minimum Gasteiger partial charge on any atom is -0.395 e. The Kier molecular flexibility index (Phi) is 4.12. The fourth-order valence-corrected chi connectivity index (χ4v) is 3.88. The van der Waals surface area contributed by atoms with Crippen molar-refractivity contribution in [3.05, 3.63) is 54.9 Å². The Morgan fingerprint density at radius 3 is 2.68 bits per heavy atom. The molecule has 5 rings (SSSR count). The third-order valence-electron chi connectivity index (χ3n) is 4.55. The number of nitrogens with one attached hydrogen (secondary N) is 2. The molecule has 31 heavy (non-hydrogen) atoms. The van der Waals surface area contributed by atoms with Gasteiger partial charge in [0, 0.05) is 23.0 Å². The summed E-state index contributed by atoms with van der Waals surface area (Å²) in [6.45, 7) is 0. The minimum absolute atomic E-state index is 0.0458. The van der Waals surface area contributed by atoms with Gasteiger partial charge in [0.05, 0.1) is 18.1 Å². The van der Waals surface area contributed by atoms with Crippen molar-refractivity contribution in [3.63, 3.8) is 0 Å². The topological polar surface area (TPSA) is 106 Å². The third kappa shape index (κ3) is 3.75. The van der Waals surface area contributed by atoms with Gasteiger partial charge in [0.1, 0.15) is 5.52 Å². The van der Waals surface area contributed by atoms with Gasteiger partial charge < -0.3 is 14.5 Å². The number of hydrogen-bond donors (Lipinski definition) is 2. The van der Waals surface area contributed by atoms with Crippen LogP contribution in [0.15, 0.2) is 54.9 Å². The Morgan fingerprint density at radius 2 is 1.87 bits per heavy atom. The number of nitrogens with zero attached hydrogens (tertiary/aromatic N) is 2. The van der Waals surface area contributed by atoms with Gasteiger partial charge in [-0.05, 0) is 29.8 Å². The maximum atomic E-state index is 13.3. The van der Waals surface area contributed by atoms with Gasteiger partial charge in [0.25, 0.3) is 0 Å². The maximum absolute atomic E-state index is 13.3. The number of anilines is 1. The van der Waals surface area contributed by atoms with Gasteiger partial charge in [-0.25, -0.2) is 18.4 Å². The van der Waals surface area contributed by atoms with Crippen LogP contribution >= 0.6 is 0 Å². The average Bonchev–Trinajstić information content (AvgIpc) is 3.24. The van der Waals surface area contributed by atoms with E-state index in [-0.39, 0.29) is 11.5 Å². The summed E-state index contributed by atoms with van der Waals surface area (Å²) in [5.41, 5.74) is 3.81. The van der Waals surface area contributed by atoms with Crippen LogP contribution in [-0.4, -0.2) is 35.9 Å². The number of alkyl halides is 2. The van der Waals surface area contributed by atoms with E-state index in [0.29, 0.717) is 39.2 Å². The van der Waals surface area contributed by atoms with Crippen LogP contribution in [0.1, 0.15) is 0 Å². The number of rotatable bonds is 4.